The quantitative estimate of drug-likeness (QED) is 0.608. The third kappa shape index (κ3) is 5.27. The maximum Gasteiger partial charge on any atom is 0.231 e. The molecule has 0 radical (unpaired) electrons. The van der Waals surface area contributed by atoms with Gasteiger partial charge in [0.15, 0.2) is 5.82 Å². The molecule has 2 heterocycles. The van der Waals surface area contributed by atoms with Crippen molar-refractivity contribution in [3.63, 3.8) is 0 Å². The van der Waals surface area contributed by atoms with Crippen LogP contribution in [0.4, 0.5) is 0 Å². The summed E-state index contributed by atoms with van der Waals surface area (Å²) in [5, 5.41) is 4.05. The second-order valence-electron chi connectivity index (χ2n) is 7.54. The van der Waals surface area contributed by atoms with E-state index >= 15 is 0 Å². The van der Waals surface area contributed by atoms with Crippen LogP contribution in [0.5, 0.6) is 0 Å². The summed E-state index contributed by atoms with van der Waals surface area (Å²) >= 11 is 0. The van der Waals surface area contributed by atoms with E-state index in [2.05, 4.69) is 10.1 Å². The molecule has 1 aliphatic heterocycles. The fourth-order valence-corrected chi connectivity index (χ4v) is 5.50. The van der Waals surface area contributed by atoms with Crippen molar-refractivity contribution in [1.82, 2.24) is 14.4 Å². The molecule has 8 heteroatoms. The van der Waals surface area contributed by atoms with Crippen molar-refractivity contribution in [2.75, 3.05) is 32.1 Å². The number of rotatable bonds is 9. The molecule has 0 amide bonds. The van der Waals surface area contributed by atoms with Crippen LogP contribution in [-0.4, -0.2) is 54.9 Å². The number of hydrogen-bond acceptors (Lipinski definition) is 6. The van der Waals surface area contributed by atoms with Gasteiger partial charge in [-0.05, 0) is 38.0 Å². The lowest BCUT2D eigenvalue weighted by molar-refractivity contribution is 0.102. The summed E-state index contributed by atoms with van der Waals surface area (Å²) in [5.74, 6) is 2.13. The highest BCUT2D eigenvalue weighted by molar-refractivity contribution is 7.89. The average Bonchev–Trinajstić information content (AvgIpc) is 3.31. The van der Waals surface area contributed by atoms with Crippen LogP contribution in [-0.2, 0) is 21.2 Å². The van der Waals surface area contributed by atoms with E-state index in [1.54, 1.807) is 4.31 Å². The number of aromatic nitrogens is 2. The molecule has 0 N–H and O–H groups in total. The Hall–Kier alpha value is -0.990. The van der Waals surface area contributed by atoms with Crippen molar-refractivity contribution in [3.8, 4) is 0 Å². The number of sulfonamides is 1. The van der Waals surface area contributed by atoms with Gasteiger partial charge in [-0.3, -0.25) is 0 Å². The molecule has 0 spiro atoms. The Kier molecular flexibility index (Phi) is 7.05. The first-order chi connectivity index (χ1) is 12.6. The maximum atomic E-state index is 12.3. The monoisotopic (exact) mass is 385 g/mol. The molecule has 1 saturated carbocycles. The molecule has 1 atom stereocenters. The van der Waals surface area contributed by atoms with Gasteiger partial charge in [0.2, 0.25) is 15.9 Å². The van der Waals surface area contributed by atoms with Crippen LogP contribution < -0.4 is 0 Å². The van der Waals surface area contributed by atoms with Gasteiger partial charge in [-0.25, -0.2) is 12.7 Å². The van der Waals surface area contributed by atoms with Gasteiger partial charge in [-0.2, -0.15) is 4.98 Å². The molecule has 1 unspecified atom stereocenters. The number of nitrogens with zero attached hydrogens (tertiary/aromatic N) is 3. The Balaban J connectivity index is 1.47. The van der Waals surface area contributed by atoms with Gasteiger partial charge in [0.25, 0.3) is 0 Å². The number of ether oxygens (including phenoxy) is 1. The minimum Gasteiger partial charge on any atom is -0.381 e. The fraction of sp³-hybridized carbons (Fsp3) is 0.889. The van der Waals surface area contributed by atoms with Gasteiger partial charge < -0.3 is 9.26 Å². The van der Waals surface area contributed by atoms with E-state index in [1.165, 1.54) is 25.7 Å². The lowest BCUT2D eigenvalue weighted by Gasteiger charge is -2.30. The standard InChI is InChI=1S/C18H31N3O4S/c1-2-12-26(22,23)21-10-5-8-16(13-21)18-19-17(20-25-18)9-11-24-14-15-6-3-4-7-15/h15-16H,2-14H2,1H3. The van der Waals surface area contributed by atoms with Gasteiger partial charge in [0.1, 0.15) is 0 Å². The summed E-state index contributed by atoms with van der Waals surface area (Å²) in [7, 11) is -3.17. The predicted molar refractivity (Wildman–Crippen MR) is 98.4 cm³/mol. The summed E-state index contributed by atoms with van der Waals surface area (Å²) in [6.45, 7) is 4.36. The first kappa shape index (κ1) is 19.8. The summed E-state index contributed by atoms with van der Waals surface area (Å²) < 4.78 is 37.3. The van der Waals surface area contributed by atoms with E-state index in [4.69, 9.17) is 9.26 Å². The molecule has 7 nitrogen and oxygen atoms in total. The largest absolute Gasteiger partial charge is 0.381 e. The van der Waals surface area contributed by atoms with E-state index in [-0.39, 0.29) is 11.7 Å². The van der Waals surface area contributed by atoms with Gasteiger partial charge in [0, 0.05) is 26.1 Å². The van der Waals surface area contributed by atoms with Crippen molar-refractivity contribution in [1.29, 1.82) is 0 Å². The predicted octanol–water partition coefficient (Wildman–Crippen LogP) is 2.74. The van der Waals surface area contributed by atoms with Crippen molar-refractivity contribution in [2.45, 2.75) is 64.2 Å². The van der Waals surface area contributed by atoms with E-state index in [1.807, 2.05) is 6.92 Å². The molecular weight excluding hydrogens is 354 g/mol. The highest BCUT2D eigenvalue weighted by atomic mass is 32.2. The maximum absolute atomic E-state index is 12.3. The lowest BCUT2D eigenvalue weighted by atomic mass is 10.00. The Labute approximate surface area is 156 Å². The summed E-state index contributed by atoms with van der Waals surface area (Å²) in [6, 6.07) is 0. The van der Waals surface area contributed by atoms with Crippen LogP contribution in [0.3, 0.4) is 0 Å². The summed E-state index contributed by atoms with van der Waals surface area (Å²) in [4.78, 5) is 4.49. The molecule has 1 aromatic rings. The topological polar surface area (TPSA) is 85.5 Å². The molecule has 148 valence electrons. The minimum atomic E-state index is -3.17. The first-order valence-electron chi connectivity index (χ1n) is 9.96. The second kappa shape index (κ2) is 9.28. The molecular formula is C18H31N3O4S. The van der Waals surface area contributed by atoms with E-state index in [9.17, 15) is 8.42 Å². The van der Waals surface area contributed by atoms with Crippen LogP contribution in [0.2, 0.25) is 0 Å². The van der Waals surface area contributed by atoms with Gasteiger partial charge in [-0.15, -0.1) is 0 Å². The first-order valence-corrected chi connectivity index (χ1v) is 11.6. The van der Waals surface area contributed by atoms with E-state index in [0.29, 0.717) is 50.2 Å². The summed E-state index contributed by atoms with van der Waals surface area (Å²) in [6.07, 6.45) is 8.21. The molecule has 0 bridgehead atoms. The van der Waals surface area contributed by atoms with Crippen LogP contribution in [0.15, 0.2) is 4.52 Å². The van der Waals surface area contributed by atoms with Crippen LogP contribution in [0.1, 0.15) is 69.5 Å². The van der Waals surface area contributed by atoms with Crippen LogP contribution >= 0.6 is 0 Å². The third-order valence-corrected chi connectivity index (χ3v) is 7.41. The zero-order valence-electron chi connectivity index (χ0n) is 15.7. The highest BCUT2D eigenvalue weighted by Gasteiger charge is 2.31. The van der Waals surface area contributed by atoms with Crippen molar-refractivity contribution < 1.29 is 17.7 Å². The number of piperidine rings is 1. The summed E-state index contributed by atoms with van der Waals surface area (Å²) in [5.41, 5.74) is 0. The Morgan fingerprint density at radius 3 is 2.81 bits per heavy atom. The molecule has 2 aliphatic rings. The molecule has 2 fully saturated rings. The van der Waals surface area contributed by atoms with Crippen LogP contribution in [0.25, 0.3) is 0 Å². The lowest BCUT2D eigenvalue weighted by Crippen LogP contribution is -2.40. The zero-order chi connectivity index (χ0) is 18.4. The molecule has 3 rings (SSSR count). The van der Waals surface area contributed by atoms with Crippen LogP contribution in [0, 0.1) is 5.92 Å². The Morgan fingerprint density at radius 2 is 2.04 bits per heavy atom. The second-order valence-corrected chi connectivity index (χ2v) is 9.63. The smallest absolute Gasteiger partial charge is 0.231 e. The molecule has 1 aromatic heterocycles. The zero-order valence-corrected chi connectivity index (χ0v) is 16.5. The molecule has 26 heavy (non-hydrogen) atoms. The highest BCUT2D eigenvalue weighted by Crippen LogP contribution is 2.28. The van der Waals surface area contributed by atoms with E-state index in [0.717, 1.165) is 19.4 Å². The van der Waals surface area contributed by atoms with Crippen molar-refractivity contribution in [3.05, 3.63) is 11.7 Å². The molecule has 1 aliphatic carbocycles. The van der Waals surface area contributed by atoms with Crippen molar-refractivity contribution >= 4 is 10.0 Å². The molecule has 1 saturated heterocycles. The van der Waals surface area contributed by atoms with E-state index < -0.39 is 10.0 Å². The fourth-order valence-electron chi connectivity index (χ4n) is 3.91. The van der Waals surface area contributed by atoms with Gasteiger partial charge in [0.05, 0.1) is 18.3 Å². The van der Waals surface area contributed by atoms with Crippen molar-refractivity contribution in [2.24, 2.45) is 5.92 Å². The third-order valence-electron chi connectivity index (χ3n) is 5.37. The normalized spacial score (nSPS) is 22.9. The minimum absolute atomic E-state index is 0.00367. The molecule has 0 aromatic carbocycles. The number of hydrogen-bond donors (Lipinski definition) is 0. The average molecular weight is 386 g/mol. The SMILES string of the molecule is CCCS(=O)(=O)N1CCCC(c2nc(CCOCC3CCCC3)no2)C1. The van der Waals surface area contributed by atoms with Gasteiger partial charge in [-0.1, -0.05) is 24.9 Å². The Bertz CT molecular complexity index is 655. The van der Waals surface area contributed by atoms with Gasteiger partial charge >= 0.3 is 0 Å². The Morgan fingerprint density at radius 1 is 1.23 bits per heavy atom.